The maximum atomic E-state index is 11.1. The molecular formula is C18H14N4O3S. The number of rotatable bonds is 5. The molecule has 26 heavy (non-hydrogen) atoms. The van der Waals surface area contributed by atoms with Gasteiger partial charge in [0, 0.05) is 11.8 Å². The average Bonchev–Trinajstić information content (AvgIpc) is 3.11. The number of para-hydroxylation sites is 2. The van der Waals surface area contributed by atoms with Crippen molar-refractivity contribution in [1.29, 1.82) is 0 Å². The van der Waals surface area contributed by atoms with Gasteiger partial charge in [-0.25, -0.2) is 0 Å². The molecule has 0 aliphatic heterocycles. The van der Waals surface area contributed by atoms with Crippen LogP contribution < -0.4 is 10.7 Å². The predicted molar refractivity (Wildman–Crippen MR) is 104 cm³/mol. The van der Waals surface area contributed by atoms with Gasteiger partial charge in [0.1, 0.15) is 11.5 Å². The molecule has 0 saturated heterocycles. The minimum Gasteiger partial charge on any atom is -0.455 e. The molecule has 3 rings (SSSR count). The van der Waals surface area contributed by atoms with Crippen molar-refractivity contribution in [3.8, 4) is 11.3 Å². The van der Waals surface area contributed by atoms with Crippen molar-refractivity contribution in [2.75, 3.05) is 5.32 Å². The van der Waals surface area contributed by atoms with Gasteiger partial charge < -0.3 is 9.73 Å². The number of thiocarbonyl (C=S) groups is 1. The molecule has 0 aliphatic carbocycles. The molecule has 8 heteroatoms. The van der Waals surface area contributed by atoms with Crippen LogP contribution in [-0.2, 0) is 0 Å². The Hall–Kier alpha value is -3.52. The highest BCUT2D eigenvalue weighted by atomic mass is 32.1. The van der Waals surface area contributed by atoms with Gasteiger partial charge in [0.2, 0.25) is 0 Å². The lowest BCUT2D eigenvalue weighted by atomic mass is 10.1. The van der Waals surface area contributed by atoms with Crippen LogP contribution in [0.4, 0.5) is 11.4 Å². The second-order valence-electron chi connectivity index (χ2n) is 5.17. The maximum absolute atomic E-state index is 11.1. The first kappa shape index (κ1) is 17.3. The molecule has 0 aliphatic rings. The van der Waals surface area contributed by atoms with Crippen LogP contribution in [0.2, 0.25) is 0 Å². The summed E-state index contributed by atoms with van der Waals surface area (Å²) in [5.41, 5.74) is 3.92. The van der Waals surface area contributed by atoms with E-state index < -0.39 is 4.92 Å². The summed E-state index contributed by atoms with van der Waals surface area (Å²) in [4.78, 5) is 10.7. The molecule has 1 aromatic heterocycles. The van der Waals surface area contributed by atoms with E-state index in [-0.39, 0.29) is 5.69 Å². The van der Waals surface area contributed by atoms with Crippen molar-refractivity contribution in [3.05, 3.63) is 82.6 Å². The van der Waals surface area contributed by atoms with E-state index in [1.54, 1.807) is 30.3 Å². The van der Waals surface area contributed by atoms with Crippen molar-refractivity contribution in [3.63, 3.8) is 0 Å². The monoisotopic (exact) mass is 366 g/mol. The summed E-state index contributed by atoms with van der Waals surface area (Å²) < 4.78 is 5.60. The van der Waals surface area contributed by atoms with Crippen molar-refractivity contribution in [1.82, 2.24) is 5.43 Å². The van der Waals surface area contributed by atoms with Crippen molar-refractivity contribution in [2.24, 2.45) is 5.10 Å². The summed E-state index contributed by atoms with van der Waals surface area (Å²) in [6.07, 6.45) is 1.44. The topological polar surface area (TPSA) is 92.7 Å². The third-order valence-corrected chi connectivity index (χ3v) is 3.58. The van der Waals surface area contributed by atoms with Crippen LogP contribution in [0.15, 0.2) is 76.2 Å². The van der Waals surface area contributed by atoms with E-state index in [2.05, 4.69) is 15.8 Å². The van der Waals surface area contributed by atoms with Gasteiger partial charge in [-0.2, -0.15) is 5.10 Å². The van der Waals surface area contributed by atoms with E-state index in [1.165, 1.54) is 12.3 Å². The molecule has 7 nitrogen and oxygen atoms in total. The number of benzene rings is 2. The number of nitrogens with one attached hydrogen (secondary N) is 2. The summed E-state index contributed by atoms with van der Waals surface area (Å²) in [6, 6.07) is 19.2. The SMILES string of the molecule is O=[N+]([O-])c1ccccc1-c1ccc(C=NNC(=S)Nc2ccccc2)o1. The largest absolute Gasteiger partial charge is 0.455 e. The van der Waals surface area contributed by atoms with Crippen LogP contribution in [0.25, 0.3) is 11.3 Å². The highest BCUT2D eigenvalue weighted by Gasteiger charge is 2.16. The summed E-state index contributed by atoms with van der Waals surface area (Å²) in [6.45, 7) is 0. The van der Waals surface area contributed by atoms with Crippen LogP contribution >= 0.6 is 12.2 Å². The zero-order valence-corrected chi connectivity index (χ0v) is 14.3. The number of nitrogens with zero attached hydrogens (tertiary/aromatic N) is 2. The Kier molecular flexibility index (Phi) is 5.35. The van der Waals surface area contributed by atoms with Gasteiger partial charge >= 0.3 is 0 Å². The Bertz CT molecular complexity index is 954. The molecule has 0 radical (unpaired) electrons. The van der Waals surface area contributed by atoms with Crippen LogP contribution in [0.1, 0.15) is 5.76 Å². The van der Waals surface area contributed by atoms with E-state index >= 15 is 0 Å². The standard InChI is InChI=1S/C18H14N4O3S/c23-22(24)16-9-5-4-8-15(16)17-11-10-14(25-17)12-19-21-18(26)20-13-6-2-1-3-7-13/h1-12H,(H2,20,21,26). The Morgan fingerprint density at radius 1 is 1.08 bits per heavy atom. The lowest BCUT2D eigenvalue weighted by Crippen LogP contribution is -2.23. The Labute approximate surface area is 154 Å². The molecule has 2 N–H and O–H groups in total. The normalized spacial score (nSPS) is 10.6. The van der Waals surface area contributed by atoms with E-state index in [0.29, 0.717) is 22.2 Å². The van der Waals surface area contributed by atoms with Crippen molar-refractivity contribution in [2.45, 2.75) is 0 Å². The Morgan fingerprint density at radius 3 is 2.58 bits per heavy atom. The highest BCUT2D eigenvalue weighted by molar-refractivity contribution is 7.80. The van der Waals surface area contributed by atoms with Crippen molar-refractivity contribution >= 4 is 34.9 Å². The fourth-order valence-corrected chi connectivity index (χ4v) is 2.41. The quantitative estimate of drug-likeness (QED) is 0.305. The first-order valence-electron chi connectivity index (χ1n) is 7.62. The number of hydrazone groups is 1. The summed E-state index contributed by atoms with van der Waals surface area (Å²) in [7, 11) is 0. The molecule has 0 bridgehead atoms. The molecule has 0 spiro atoms. The van der Waals surface area contributed by atoms with E-state index in [0.717, 1.165) is 5.69 Å². The summed E-state index contributed by atoms with van der Waals surface area (Å²) in [5.74, 6) is 0.830. The van der Waals surface area contributed by atoms with Crippen LogP contribution in [0, 0.1) is 10.1 Å². The van der Waals surface area contributed by atoms with Gasteiger partial charge in [-0.15, -0.1) is 0 Å². The molecule has 3 aromatic rings. The highest BCUT2D eigenvalue weighted by Crippen LogP contribution is 2.30. The number of anilines is 1. The Morgan fingerprint density at radius 2 is 1.81 bits per heavy atom. The fraction of sp³-hybridized carbons (Fsp3) is 0. The molecule has 2 aromatic carbocycles. The van der Waals surface area contributed by atoms with Crippen molar-refractivity contribution < 1.29 is 9.34 Å². The lowest BCUT2D eigenvalue weighted by molar-refractivity contribution is -0.384. The fourth-order valence-electron chi connectivity index (χ4n) is 2.24. The first-order chi connectivity index (χ1) is 12.6. The average molecular weight is 366 g/mol. The van der Waals surface area contributed by atoms with E-state index in [4.69, 9.17) is 16.6 Å². The predicted octanol–water partition coefficient (Wildman–Crippen LogP) is 4.18. The molecule has 0 unspecified atom stereocenters. The lowest BCUT2D eigenvalue weighted by Gasteiger charge is -2.05. The number of hydrogen-bond donors (Lipinski definition) is 2. The van der Waals surface area contributed by atoms with Gasteiger partial charge in [-0.3, -0.25) is 15.5 Å². The zero-order chi connectivity index (χ0) is 18.4. The molecule has 0 saturated carbocycles. The molecule has 1 heterocycles. The van der Waals surface area contributed by atoms with E-state index in [1.807, 2.05) is 30.3 Å². The van der Waals surface area contributed by atoms with Gasteiger partial charge in [0.15, 0.2) is 5.11 Å². The molecular weight excluding hydrogens is 352 g/mol. The molecule has 0 atom stereocenters. The maximum Gasteiger partial charge on any atom is 0.280 e. The van der Waals surface area contributed by atoms with Gasteiger partial charge in [0.05, 0.1) is 16.7 Å². The van der Waals surface area contributed by atoms with E-state index in [9.17, 15) is 10.1 Å². The van der Waals surface area contributed by atoms with Crippen LogP contribution in [0.3, 0.4) is 0 Å². The minimum absolute atomic E-state index is 0.0169. The van der Waals surface area contributed by atoms with Crippen LogP contribution in [-0.4, -0.2) is 16.3 Å². The number of nitro benzene ring substituents is 1. The number of hydrogen-bond acceptors (Lipinski definition) is 5. The Balaban J connectivity index is 1.64. The zero-order valence-electron chi connectivity index (χ0n) is 13.5. The summed E-state index contributed by atoms with van der Waals surface area (Å²) in [5, 5.41) is 18.4. The van der Waals surface area contributed by atoms with Gasteiger partial charge in [-0.1, -0.05) is 30.3 Å². The number of nitro groups is 1. The minimum atomic E-state index is -0.444. The molecule has 0 amide bonds. The molecule has 130 valence electrons. The third kappa shape index (κ3) is 4.31. The second-order valence-corrected chi connectivity index (χ2v) is 5.57. The third-order valence-electron chi connectivity index (χ3n) is 3.38. The second kappa shape index (κ2) is 8.04. The summed E-state index contributed by atoms with van der Waals surface area (Å²) >= 11 is 5.14. The van der Waals surface area contributed by atoms with Gasteiger partial charge in [0.25, 0.3) is 5.69 Å². The van der Waals surface area contributed by atoms with Gasteiger partial charge in [-0.05, 0) is 42.5 Å². The first-order valence-corrected chi connectivity index (χ1v) is 8.03. The number of furan rings is 1. The smallest absolute Gasteiger partial charge is 0.280 e. The van der Waals surface area contributed by atoms with Crippen LogP contribution in [0.5, 0.6) is 0 Å². The molecule has 0 fully saturated rings.